The van der Waals surface area contributed by atoms with Crippen LogP contribution in [0.25, 0.3) is 10.2 Å². The number of anilines is 1. The van der Waals surface area contributed by atoms with Crippen molar-refractivity contribution in [3.8, 4) is 0 Å². The topological polar surface area (TPSA) is 88.5 Å². The first-order valence-electron chi connectivity index (χ1n) is 10.2. The largest absolute Gasteiger partial charge is 0.326 e. The minimum Gasteiger partial charge on any atom is -0.326 e. The molecule has 0 spiro atoms. The van der Waals surface area contributed by atoms with E-state index in [0.29, 0.717) is 31.6 Å². The summed E-state index contributed by atoms with van der Waals surface area (Å²) in [6, 6.07) is 12.9. The molecule has 1 aliphatic heterocycles. The van der Waals surface area contributed by atoms with E-state index in [9.17, 15) is 18.0 Å². The number of benzene rings is 2. The molecule has 2 aromatic carbocycles. The lowest BCUT2D eigenvalue weighted by Crippen LogP contribution is -2.41. The van der Waals surface area contributed by atoms with E-state index in [1.54, 1.807) is 23.7 Å². The zero-order chi connectivity index (χ0) is 22.2. The van der Waals surface area contributed by atoms with Crippen LogP contribution in [0.5, 0.6) is 0 Å². The van der Waals surface area contributed by atoms with Crippen LogP contribution in [0.1, 0.15) is 24.0 Å². The number of hydrogen-bond donors (Lipinski definition) is 1. The van der Waals surface area contributed by atoms with E-state index in [0.717, 1.165) is 32.7 Å². The monoisotopic (exact) mass is 459 g/mol. The Hall–Kier alpha value is -2.49. The molecule has 0 atom stereocenters. The van der Waals surface area contributed by atoms with Crippen molar-refractivity contribution in [3.63, 3.8) is 0 Å². The second-order valence-electron chi connectivity index (χ2n) is 8.01. The van der Waals surface area contributed by atoms with Crippen molar-refractivity contribution in [2.45, 2.75) is 25.5 Å². The molecule has 2 heterocycles. The third-order valence-electron chi connectivity index (χ3n) is 5.75. The number of nitrogens with zero attached hydrogens (tertiary/aromatic N) is 2. The van der Waals surface area contributed by atoms with E-state index in [4.69, 9.17) is 0 Å². The number of piperidine rings is 1. The highest BCUT2D eigenvalue weighted by Crippen LogP contribution is 2.25. The van der Waals surface area contributed by atoms with Gasteiger partial charge in [0.2, 0.25) is 15.9 Å². The first kappa shape index (κ1) is 21.7. The summed E-state index contributed by atoms with van der Waals surface area (Å²) in [7, 11) is -1.69. The van der Waals surface area contributed by atoms with Gasteiger partial charge in [-0.15, -0.1) is 0 Å². The van der Waals surface area contributed by atoms with Crippen molar-refractivity contribution in [2.24, 2.45) is 13.0 Å². The molecule has 1 aliphatic rings. The van der Waals surface area contributed by atoms with E-state index in [2.05, 4.69) is 5.32 Å². The zero-order valence-electron chi connectivity index (χ0n) is 17.5. The number of amides is 1. The van der Waals surface area contributed by atoms with Crippen LogP contribution in [0.15, 0.2) is 47.3 Å². The zero-order valence-corrected chi connectivity index (χ0v) is 19.1. The van der Waals surface area contributed by atoms with E-state index >= 15 is 0 Å². The van der Waals surface area contributed by atoms with Crippen molar-refractivity contribution in [2.75, 3.05) is 18.4 Å². The van der Waals surface area contributed by atoms with Gasteiger partial charge < -0.3 is 9.88 Å². The lowest BCUT2D eigenvalue weighted by atomic mass is 9.97. The Balaban J connectivity index is 1.36. The van der Waals surface area contributed by atoms with Gasteiger partial charge in [0.1, 0.15) is 0 Å². The lowest BCUT2D eigenvalue weighted by molar-refractivity contribution is -0.120. The number of aromatic nitrogens is 1. The number of nitrogens with one attached hydrogen (secondary N) is 1. The van der Waals surface area contributed by atoms with Gasteiger partial charge in [-0.2, -0.15) is 0 Å². The van der Waals surface area contributed by atoms with Crippen LogP contribution in [-0.4, -0.2) is 36.3 Å². The molecule has 3 aromatic rings. The standard InChI is InChI=1S/C22H25N3O4S2/c1-15-3-5-16(6-4-15)14-31(28,29)25-11-9-17(10-12-25)21(26)23-18-7-8-19-20(13-18)30-22(27)24(19)2/h3-8,13,17H,9-12,14H2,1-2H3,(H,23,26). The molecule has 31 heavy (non-hydrogen) atoms. The summed E-state index contributed by atoms with van der Waals surface area (Å²) in [5.41, 5.74) is 3.34. The van der Waals surface area contributed by atoms with Crippen LogP contribution in [0.3, 0.4) is 0 Å². The molecule has 1 aromatic heterocycles. The van der Waals surface area contributed by atoms with Crippen LogP contribution in [0.4, 0.5) is 5.69 Å². The summed E-state index contributed by atoms with van der Waals surface area (Å²) in [5.74, 6) is -0.376. The highest BCUT2D eigenvalue weighted by Gasteiger charge is 2.31. The summed E-state index contributed by atoms with van der Waals surface area (Å²) in [6.45, 7) is 2.64. The number of sulfonamides is 1. The SMILES string of the molecule is Cc1ccc(CS(=O)(=O)N2CCC(C(=O)Nc3ccc4c(c3)sc(=O)n4C)CC2)cc1. The Morgan fingerprint density at radius 1 is 1.13 bits per heavy atom. The average Bonchev–Trinajstić information content (AvgIpc) is 3.03. The third-order valence-corrected chi connectivity index (χ3v) is 8.59. The highest BCUT2D eigenvalue weighted by atomic mass is 32.2. The normalized spacial score (nSPS) is 15.9. The Morgan fingerprint density at radius 3 is 2.48 bits per heavy atom. The number of rotatable bonds is 5. The molecule has 1 N–H and O–H groups in total. The summed E-state index contributed by atoms with van der Waals surface area (Å²) in [4.78, 5) is 24.5. The molecule has 0 saturated carbocycles. The number of carbonyl (C=O) groups excluding carboxylic acids is 1. The van der Waals surface area contributed by atoms with Gasteiger partial charge >= 0.3 is 4.87 Å². The molecule has 1 amide bonds. The second-order valence-corrected chi connectivity index (χ2v) is 11.0. The van der Waals surface area contributed by atoms with Gasteiger partial charge in [0.15, 0.2) is 0 Å². The Morgan fingerprint density at radius 2 is 1.81 bits per heavy atom. The Labute approximate surface area is 185 Å². The van der Waals surface area contributed by atoms with Gasteiger partial charge in [0.05, 0.1) is 16.0 Å². The van der Waals surface area contributed by atoms with Crippen LogP contribution in [-0.2, 0) is 27.6 Å². The molecule has 164 valence electrons. The lowest BCUT2D eigenvalue weighted by Gasteiger charge is -2.30. The van der Waals surface area contributed by atoms with Crippen molar-refractivity contribution in [1.82, 2.24) is 8.87 Å². The molecule has 0 radical (unpaired) electrons. The summed E-state index contributed by atoms with van der Waals surface area (Å²) < 4.78 is 29.4. The van der Waals surface area contributed by atoms with Crippen molar-refractivity contribution in [3.05, 3.63) is 63.3 Å². The fraction of sp³-hybridized carbons (Fsp3) is 0.364. The van der Waals surface area contributed by atoms with Crippen molar-refractivity contribution >= 4 is 43.2 Å². The molecule has 9 heteroatoms. The molecule has 0 bridgehead atoms. The molecule has 4 rings (SSSR count). The first-order chi connectivity index (χ1) is 14.7. The van der Waals surface area contributed by atoms with Crippen LogP contribution in [0.2, 0.25) is 0 Å². The number of hydrogen-bond acceptors (Lipinski definition) is 5. The van der Waals surface area contributed by atoms with Crippen LogP contribution in [0, 0.1) is 12.8 Å². The molecule has 1 fully saturated rings. The molecule has 1 saturated heterocycles. The second kappa shape index (κ2) is 8.57. The van der Waals surface area contributed by atoms with Crippen LogP contribution < -0.4 is 10.2 Å². The maximum Gasteiger partial charge on any atom is 0.307 e. The number of aryl methyl sites for hydroxylation is 2. The van der Waals surface area contributed by atoms with Gasteiger partial charge in [-0.3, -0.25) is 9.59 Å². The average molecular weight is 460 g/mol. The predicted octanol–water partition coefficient (Wildman–Crippen LogP) is 3.09. The van der Waals surface area contributed by atoms with E-state index in [-0.39, 0.29) is 22.5 Å². The Bertz CT molecular complexity index is 1270. The summed E-state index contributed by atoms with van der Waals surface area (Å²) >= 11 is 1.14. The van der Waals surface area contributed by atoms with Gasteiger partial charge in [-0.05, 0) is 43.5 Å². The third kappa shape index (κ3) is 4.73. The van der Waals surface area contributed by atoms with Gasteiger partial charge in [0.25, 0.3) is 0 Å². The summed E-state index contributed by atoms with van der Waals surface area (Å²) in [6.07, 6.45) is 0.972. The minimum atomic E-state index is -3.41. The highest BCUT2D eigenvalue weighted by molar-refractivity contribution is 7.88. The predicted molar refractivity (Wildman–Crippen MR) is 124 cm³/mol. The number of thiazole rings is 1. The molecular formula is C22H25N3O4S2. The Kier molecular flexibility index (Phi) is 6.00. The van der Waals surface area contributed by atoms with Crippen LogP contribution >= 0.6 is 11.3 Å². The molecule has 0 unspecified atom stereocenters. The number of carbonyl (C=O) groups is 1. The van der Waals surface area contributed by atoms with Gasteiger partial charge in [0, 0.05) is 31.7 Å². The smallest absolute Gasteiger partial charge is 0.307 e. The molecular weight excluding hydrogens is 434 g/mol. The maximum atomic E-state index is 12.8. The summed E-state index contributed by atoms with van der Waals surface area (Å²) in [5, 5.41) is 2.92. The van der Waals surface area contributed by atoms with Crippen molar-refractivity contribution in [1.29, 1.82) is 0 Å². The van der Waals surface area contributed by atoms with Gasteiger partial charge in [-0.25, -0.2) is 12.7 Å². The van der Waals surface area contributed by atoms with E-state index in [1.165, 1.54) is 4.31 Å². The number of fused-ring (bicyclic) bond motifs is 1. The fourth-order valence-corrected chi connectivity index (χ4v) is 6.32. The fourth-order valence-electron chi connectivity index (χ4n) is 3.84. The van der Waals surface area contributed by atoms with E-state index in [1.807, 2.05) is 37.3 Å². The van der Waals surface area contributed by atoms with Crippen molar-refractivity contribution < 1.29 is 13.2 Å². The van der Waals surface area contributed by atoms with Gasteiger partial charge in [-0.1, -0.05) is 41.2 Å². The van der Waals surface area contributed by atoms with E-state index < -0.39 is 10.0 Å². The quantitative estimate of drug-likeness (QED) is 0.635. The molecule has 7 nitrogen and oxygen atoms in total. The maximum absolute atomic E-state index is 12.8. The molecule has 0 aliphatic carbocycles. The minimum absolute atomic E-state index is 0.0237. The first-order valence-corrected chi connectivity index (χ1v) is 12.6.